The number of H-pyrrole nitrogens is 1. The van der Waals surface area contributed by atoms with Gasteiger partial charge >= 0.3 is 0 Å². The van der Waals surface area contributed by atoms with Crippen LogP contribution in [0.1, 0.15) is 44.2 Å². The van der Waals surface area contributed by atoms with Crippen LogP contribution in [0.25, 0.3) is 10.9 Å². The smallest absolute Gasteiger partial charge is 0.251 e. The Hall–Kier alpha value is -2.14. The number of hydrogen-bond acceptors (Lipinski definition) is 3. The van der Waals surface area contributed by atoms with E-state index in [1.165, 1.54) is 12.8 Å². The van der Waals surface area contributed by atoms with Crippen molar-refractivity contribution in [3.05, 3.63) is 45.7 Å². The summed E-state index contributed by atoms with van der Waals surface area (Å²) in [4.78, 5) is 29.9. The third-order valence-electron chi connectivity index (χ3n) is 5.74. The molecule has 1 unspecified atom stereocenters. The molecule has 5 nitrogen and oxygen atoms in total. The summed E-state index contributed by atoms with van der Waals surface area (Å²) in [6, 6.07) is 8.26. The Morgan fingerprint density at radius 1 is 1.30 bits per heavy atom. The molecule has 0 saturated carbocycles. The molecular formula is C22H31N3O2. The van der Waals surface area contributed by atoms with Crippen LogP contribution < -0.4 is 10.9 Å². The summed E-state index contributed by atoms with van der Waals surface area (Å²) in [6.45, 7) is 9.38. The number of aromatic nitrogens is 1. The number of pyridine rings is 1. The standard InChI is InChI=1S/C22H31N3O2/c1-15-8-10-25(11-9-15)17(3)14-23-21(26)7-6-19-13-18-5-4-16(2)12-20(18)24-22(19)27/h4-5,12-13,15,17H,6-11,14H2,1-3H3,(H,23,26)(H,24,27). The first-order valence-electron chi connectivity index (χ1n) is 10.1. The maximum atomic E-state index is 12.3. The SMILES string of the molecule is Cc1ccc2cc(CCC(=O)NCC(C)N3CCC(C)CC3)c(=O)[nH]c2c1. The molecule has 1 aliphatic heterocycles. The molecule has 0 radical (unpaired) electrons. The highest BCUT2D eigenvalue weighted by atomic mass is 16.1. The largest absolute Gasteiger partial charge is 0.355 e. The molecule has 1 aromatic carbocycles. The molecule has 2 N–H and O–H groups in total. The number of aromatic amines is 1. The highest BCUT2D eigenvalue weighted by Crippen LogP contribution is 2.17. The van der Waals surface area contributed by atoms with Crippen LogP contribution in [0.2, 0.25) is 0 Å². The quantitative estimate of drug-likeness (QED) is 0.823. The second kappa shape index (κ2) is 8.70. The van der Waals surface area contributed by atoms with Gasteiger partial charge in [0, 0.05) is 30.1 Å². The predicted molar refractivity (Wildman–Crippen MR) is 110 cm³/mol. The van der Waals surface area contributed by atoms with Gasteiger partial charge in [-0.15, -0.1) is 0 Å². The van der Waals surface area contributed by atoms with Gasteiger partial charge in [0.15, 0.2) is 0 Å². The van der Waals surface area contributed by atoms with E-state index in [-0.39, 0.29) is 11.5 Å². The number of hydrogen-bond donors (Lipinski definition) is 2. The number of aryl methyl sites for hydroxylation is 2. The number of benzene rings is 1. The summed E-state index contributed by atoms with van der Waals surface area (Å²) in [5.41, 5.74) is 2.52. The lowest BCUT2D eigenvalue weighted by Gasteiger charge is -2.35. The lowest BCUT2D eigenvalue weighted by molar-refractivity contribution is -0.121. The lowest BCUT2D eigenvalue weighted by Crippen LogP contribution is -2.45. The fraction of sp³-hybridized carbons (Fsp3) is 0.545. The molecule has 2 aromatic rings. The van der Waals surface area contributed by atoms with Crippen LogP contribution in [-0.4, -0.2) is 41.5 Å². The van der Waals surface area contributed by atoms with Crippen LogP contribution >= 0.6 is 0 Å². The van der Waals surface area contributed by atoms with E-state index in [2.05, 4.69) is 29.0 Å². The number of amides is 1. The molecule has 1 saturated heterocycles. The van der Waals surface area contributed by atoms with Crippen molar-refractivity contribution in [2.45, 2.75) is 52.5 Å². The van der Waals surface area contributed by atoms with Crippen molar-refractivity contribution < 1.29 is 4.79 Å². The highest BCUT2D eigenvalue weighted by molar-refractivity contribution is 5.80. The summed E-state index contributed by atoms with van der Waals surface area (Å²) in [7, 11) is 0. The van der Waals surface area contributed by atoms with E-state index < -0.39 is 0 Å². The van der Waals surface area contributed by atoms with Crippen molar-refractivity contribution in [1.29, 1.82) is 0 Å². The van der Waals surface area contributed by atoms with Gasteiger partial charge < -0.3 is 10.3 Å². The molecule has 1 aliphatic rings. The van der Waals surface area contributed by atoms with Crippen LogP contribution in [0.4, 0.5) is 0 Å². The third kappa shape index (κ3) is 5.19. The van der Waals surface area contributed by atoms with Crippen LogP contribution in [0.3, 0.4) is 0 Å². The van der Waals surface area contributed by atoms with Crippen molar-refractivity contribution >= 4 is 16.8 Å². The molecular weight excluding hydrogens is 338 g/mol. The first-order valence-corrected chi connectivity index (χ1v) is 10.1. The topological polar surface area (TPSA) is 65.2 Å². The average Bonchev–Trinajstić information content (AvgIpc) is 2.65. The Morgan fingerprint density at radius 2 is 2.04 bits per heavy atom. The van der Waals surface area contributed by atoms with Crippen LogP contribution in [0, 0.1) is 12.8 Å². The Bertz CT molecular complexity index is 850. The van der Waals surface area contributed by atoms with E-state index >= 15 is 0 Å². The van der Waals surface area contributed by atoms with Gasteiger partial charge in [0.1, 0.15) is 0 Å². The van der Waals surface area contributed by atoms with Crippen molar-refractivity contribution in [3.8, 4) is 0 Å². The minimum atomic E-state index is -0.100. The average molecular weight is 370 g/mol. The van der Waals surface area contributed by atoms with Gasteiger partial charge in [0.2, 0.25) is 5.91 Å². The van der Waals surface area contributed by atoms with Crippen molar-refractivity contribution in [3.63, 3.8) is 0 Å². The van der Waals surface area contributed by atoms with Crippen LogP contribution in [0.15, 0.2) is 29.1 Å². The lowest BCUT2D eigenvalue weighted by atomic mass is 9.98. The van der Waals surface area contributed by atoms with Crippen molar-refractivity contribution in [2.24, 2.45) is 5.92 Å². The number of nitrogens with zero attached hydrogens (tertiary/aromatic N) is 1. The van der Waals surface area contributed by atoms with Crippen LogP contribution in [-0.2, 0) is 11.2 Å². The van der Waals surface area contributed by atoms with Crippen LogP contribution in [0.5, 0.6) is 0 Å². The van der Waals surface area contributed by atoms with Gasteiger partial charge in [-0.25, -0.2) is 0 Å². The van der Waals surface area contributed by atoms with E-state index in [0.29, 0.717) is 31.0 Å². The second-order valence-electron chi connectivity index (χ2n) is 8.09. The van der Waals surface area contributed by atoms with Crippen molar-refractivity contribution in [1.82, 2.24) is 15.2 Å². The first-order chi connectivity index (χ1) is 12.9. The monoisotopic (exact) mass is 369 g/mol. The normalized spacial score (nSPS) is 17.1. The molecule has 0 aliphatic carbocycles. The Morgan fingerprint density at radius 3 is 2.78 bits per heavy atom. The fourth-order valence-corrected chi connectivity index (χ4v) is 3.74. The van der Waals surface area contributed by atoms with Gasteiger partial charge in [-0.2, -0.15) is 0 Å². The number of piperidine rings is 1. The Kier molecular flexibility index (Phi) is 6.32. The number of likely N-dealkylation sites (tertiary alicyclic amines) is 1. The molecule has 1 amide bonds. The second-order valence-corrected chi connectivity index (χ2v) is 8.09. The summed E-state index contributed by atoms with van der Waals surface area (Å²) in [5, 5.41) is 4.04. The number of carbonyl (C=O) groups is 1. The molecule has 2 heterocycles. The molecule has 1 fully saturated rings. The van der Waals surface area contributed by atoms with E-state index in [0.717, 1.165) is 35.5 Å². The van der Waals surface area contributed by atoms with Gasteiger partial charge in [-0.05, 0) is 75.2 Å². The van der Waals surface area contributed by atoms with E-state index in [4.69, 9.17) is 0 Å². The maximum absolute atomic E-state index is 12.3. The molecule has 0 spiro atoms. The summed E-state index contributed by atoms with van der Waals surface area (Å²) >= 11 is 0. The zero-order valence-electron chi connectivity index (χ0n) is 16.7. The molecule has 1 atom stereocenters. The minimum Gasteiger partial charge on any atom is -0.355 e. The first kappa shape index (κ1) is 19.6. The minimum absolute atomic E-state index is 0.00984. The van der Waals surface area contributed by atoms with Gasteiger partial charge in [-0.1, -0.05) is 19.1 Å². The molecule has 27 heavy (non-hydrogen) atoms. The van der Waals surface area contributed by atoms with E-state index in [1.54, 1.807) is 0 Å². The number of carbonyl (C=O) groups excluding carboxylic acids is 1. The third-order valence-corrected chi connectivity index (χ3v) is 5.74. The Balaban J connectivity index is 1.50. The highest BCUT2D eigenvalue weighted by Gasteiger charge is 2.20. The predicted octanol–water partition coefficient (Wildman–Crippen LogP) is 3.01. The number of rotatable bonds is 6. The fourth-order valence-electron chi connectivity index (χ4n) is 3.74. The van der Waals surface area contributed by atoms with Crippen molar-refractivity contribution in [2.75, 3.05) is 19.6 Å². The van der Waals surface area contributed by atoms with Gasteiger partial charge in [-0.3, -0.25) is 14.5 Å². The molecule has 0 bridgehead atoms. The molecule has 5 heteroatoms. The number of nitrogens with one attached hydrogen (secondary N) is 2. The van der Waals surface area contributed by atoms with Gasteiger partial charge in [0.25, 0.3) is 5.56 Å². The number of fused-ring (bicyclic) bond motifs is 1. The molecule has 3 rings (SSSR count). The van der Waals surface area contributed by atoms with E-state index in [9.17, 15) is 9.59 Å². The summed E-state index contributed by atoms with van der Waals surface area (Å²) < 4.78 is 0. The molecule has 146 valence electrons. The summed E-state index contributed by atoms with van der Waals surface area (Å²) in [5.74, 6) is 0.822. The summed E-state index contributed by atoms with van der Waals surface area (Å²) in [6.07, 6.45) is 3.27. The maximum Gasteiger partial charge on any atom is 0.251 e. The van der Waals surface area contributed by atoms with E-state index in [1.807, 2.05) is 31.2 Å². The zero-order chi connectivity index (χ0) is 19.4. The zero-order valence-corrected chi connectivity index (χ0v) is 16.7. The molecule has 1 aromatic heterocycles. The Labute approximate surface area is 161 Å². The van der Waals surface area contributed by atoms with Gasteiger partial charge in [0.05, 0.1) is 0 Å².